The standard InChI is InChI=1S/C15H16N4O2/c1-12(10-19-7-6-16-11-19)18-15(21)14-5-4-13(9-17-14)3-2-8-20/h4-7,9,11-12,20H,8,10H2,1H3,(H,18,21). The summed E-state index contributed by atoms with van der Waals surface area (Å²) in [6.45, 7) is 2.36. The average molecular weight is 284 g/mol. The molecule has 0 radical (unpaired) electrons. The summed E-state index contributed by atoms with van der Waals surface area (Å²) in [7, 11) is 0. The Bertz CT molecular complexity index is 639. The lowest BCUT2D eigenvalue weighted by atomic mass is 10.2. The smallest absolute Gasteiger partial charge is 0.270 e. The quantitative estimate of drug-likeness (QED) is 0.798. The van der Waals surface area contributed by atoms with Crippen molar-refractivity contribution in [1.82, 2.24) is 19.9 Å². The number of carbonyl (C=O) groups excluding carboxylic acids is 1. The van der Waals surface area contributed by atoms with E-state index >= 15 is 0 Å². The maximum Gasteiger partial charge on any atom is 0.270 e. The number of hydrogen-bond acceptors (Lipinski definition) is 4. The molecule has 2 rings (SSSR count). The van der Waals surface area contributed by atoms with Gasteiger partial charge in [-0.3, -0.25) is 4.79 Å². The lowest BCUT2D eigenvalue weighted by Gasteiger charge is -2.14. The summed E-state index contributed by atoms with van der Waals surface area (Å²) in [5.74, 6) is 5.02. The van der Waals surface area contributed by atoms with Crippen molar-refractivity contribution < 1.29 is 9.90 Å². The van der Waals surface area contributed by atoms with Gasteiger partial charge in [0, 0.05) is 36.7 Å². The predicted molar refractivity (Wildman–Crippen MR) is 77.4 cm³/mol. The summed E-state index contributed by atoms with van der Waals surface area (Å²) in [6, 6.07) is 3.27. The number of aromatic nitrogens is 3. The summed E-state index contributed by atoms with van der Waals surface area (Å²) in [4.78, 5) is 20.1. The molecule has 0 aliphatic rings. The number of pyridine rings is 1. The minimum atomic E-state index is -0.232. The fourth-order valence-electron chi connectivity index (χ4n) is 1.80. The SMILES string of the molecule is CC(Cn1ccnc1)NC(=O)c1ccc(C#CCO)cn1. The zero-order chi connectivity index (χ0) is 15.1. The number of imidazole rings is 1. The first-order chi connectivity index (χ1) is 10.2. The number of nitrogens with one attached hydrogen (secondary N) is 1. The molecule has 0 saturated heterocycles. The molecule has 2 aromatic heterocycles. The van der Waals surface area contributed by atoms with Gasteiger partial charge in [0.05, 0.1) is 6.33 Å². The summed E-state index contributed by atoms with van der Waals surface area (Å²) in [5, 5.41) is 11.5. The van der Waals surface area contributed by atoms with Crippen LogP contribution < -0.4 is 5.32 Å². The Morgan fingerprint density at radius 3 is 3.00 bits per heavy atom. The summed E-state index contributed by atoms with van der Waals surface area (Å²) >= 11 is 0. The molecule has 0 fully saturated rings. The van der Waals surface area contributed by atoms with E-state index in [-0.39, 0.29) is 18.6 Å². The van der Waals surface area contributed by atoms with Crippen molar-refractivity contribution >= 4 is 5.91 Å². The highest BCUT2D eigenvalue weighted by atomic mass is 16.2. The second-order valence-corrected chi connectivity index (χ2v) is 4.53. The molecule has 6 nitrogen and oxygen atoms in total. The molecule has 2 heterocycles. The number of rotatable bonds is 4. The highest BCUT2D eigenvalue weighted by Gasteiger charge is 2.11. The van der Waals surface area contributed by atoms with Crippen molar-refractivity contribution in [1.29, 1.82) is 0 Å². The molecule has 0 aromatic carbocycles. The van der Waals surface area contributed by atoms with E-state index in [0.717, 1.165) is 0 Å². The molecule has 1 unspecified atom stereocenters. The third-order valence-corrected chi connectivity index (χ3v) is 2.73. The molecule has 0 aliphatic heterocycles. The zero-order valence-corrected chi connectivity index (χ0v) is 11.7. The van der Waals surface area contributed by atoms with E-state index in [9.17, 15) is 4.79 Å². The Labute approximate surface area is 122 Å². The second kappa shape index (κ2) is 7.22. The fraction of sp³-hybridized carbons (Fsp3) is 0.267. The lowest BCUT2D eigenvalue weighted by molar-refractivity contribution is 0.0931. The van der Waals surface area contributed by atoms with E-state index in [1.807, 2.05) is 17.7 Å². The van der Waals surface area contributed by atoms with E-state index in [1.165, 1.54) is 6.20 Å². The maximum absolute atomic E-state index is 12.0. The summed E-state index contributed by atoms with van der Waals surface area (Å²) < 4.78 is 1.89. The molecular weight excluding hydrogens is 268 g/mol. The van der Waals surface area contributed by atoms with Gasteiger partial charge < -0.3 is 15.0 Å². The predicted octanol–water partition coefficient (Wildman–Crippen LogP) is 0.440. The van der Waals surface area contributed by atoms with Crippen LogP contribution >= 0.6 is 0 Å². The van der Waals surface area contributed by atoms with Gasteiger partial charge in [0.2, 0.25) is 0 Å². The van der Waals surface area contributed by atoms with Gasteiger partial charge in [-0.2, -0.15) is 0 Å². The van der Waals surface area contributed by atoms with Gasteiger partial charge in [0.15, 0.2) is 0 Å². The number of nitrogens with zero attached hydrogens (tertiary/aromatic N) is 3. The van der Waals surface area contributed by atoms with Crippen LogP contribution in [0.25, 0.3) is 0 Å². The second-order valence-electron chi connectivity index (χ2n) is 4.53. The largest absolute Gasteiger partial charge is 0.384 e. The van der Waals surface area contributed by atoms with E-state index in [0.29, 0.717) is 17.8 Å². The van der Waals surface area contributed by atoms with Crippen LogP contribution in [-0.4, -0.2) is 38.2 Å². The van der Waals surface area contributed by atoms with Crippen molar-refractivity contribution in [3.05, 3.63) is 48.3 Å². The molecule has 108 valence electrons. The average Bonchev–Trinajstić information content (AvgIpc) is 2.98. The monoisotopic (exact) mass is 284 g/mol. The van der Waals surface area contributed by atoms with Gasteiger partial charge in [-0.25, -0.2) is 9.97 Å². The van der Waals surface area contributed by atoms with Crippen LogP contribution in [0.1, 0.15) is 23.0 Å². The van der Waals surface area contributed by atoms with E-state index in [4.69, 9.17) is 5.11 Å². The van der Waals surface area contributed by atoms with Gasteiger partial charge in [-0.15, -0.1) is 0 Å². The number of aliphatic hydroxyl groups is 1. The third kappa shape index (κ3) is 4.44. The van der Waals surface area contributed by atoms with Gasteiger partial charge >= 0.3 is 0 Å². The van der Waals surface area contributed by atoms with E-state index < -0.39 is 0 Å². The van der Waals surface area contributed by atoms with Crippen LogP contribution in [0.2, 0.25) is 0 Å². The lowest BCUT2D eigenvalue weighted by Crippen LogP contribution is -2.35. The first-order valence-corrected chi connectivity index (χ1v) is 6.51. The zero-order valence-electron chi connectivity index (χ0n) is 11.7. The summed E-state index contributed by atoms with van der Waals surface area (Å²) in [5.41, 5.74) is 0.995. The Hall–Kier alpha value is -2.65. The van der Waals surface area contributed by atoms with Gasteiger partial charge in [-0.1, -0.05) is 11.8 Å². The molecule has 0 saturated carbocycles. The van der Waals surface area contributed by atoms with Crippen molar-refractivity contribution in [2.45, 2.75) is 19.5 Å². The Morgan fingerprint density at radius 2 is 2.38 bits per heavy atom. The van der Waals surface area contributed by atoms with Crippen LogP contribution in [-0.2, 0) is 6.54 Å². The Balaban J connectivity index is 1.93. The van der Waals surface area contributed by atoms with Crippen LogP contribution in [0.4, 0.5) is 0 Å². The molecule has 2 aromatic rings. The van der Waals surface area contributed by atoms with Gasteiger partial charge in [0.25, 0.3) is 5.91 Å². The molecule has 6 heteroatoms. The first kappa shape index (κ1) is 14.8. The molecule has 0 aliphatic carbocycles. The third-order valence-electron chi connectivity index (χ3n) is 2.73. The fourth-order valence-corrected chi connectivity index (χ4v) is 1.80. The molecule has 0 spiro atoms. The van der Waals surface area contributed by atoms with Crippen molar-refractivity contribution in [3.8, 4) is 11.8 Å². The molecule has 21 heavy (non-hydrogen) atoms. The van der Waals surface area contributed by atoms with Crippen molar-refractivity contribution in [2.24, 2.45) is 0 Å². The Kier molecular flexibility index (Phi) is 5.07. The summed E-state index contributed by atoms with van der Waals surface area (Å²) in [6.07, 6.45) is 6.76. The number of hydrogen-bond donors (Lipinski definition) is 2. The molecule has 0 bridgehead atoms. The first-order valence-electron chi connectivity index (χ1n) is 6.51. The maximum atomic E-state index is 12.0. The molecule has 1 atom stereocenters. The van der Waals surface area contributed by atoms with E-state index in [1.54, 1.807) is 24.7 Å². The number of amides is 1. The molecule has 1 amide bonds. The minimum Gasteiger partial charge on any atom is -0.384 e. The number of carbonyl (C=O) groups is 1. The normalized spacial score (nSPS) is 11.3. The highest BCUT2D eigenvalue weighted by molar-refractivity contribution is 5.92. The topological polar surface area (TPSA) is 80.0 Å². The van der Waals surface area contributed by atoms with E-state index in [2.05, 4.69) is 27.1 Å². The van der Waals surface area contributed by atoms with Gasteiger partial charge in [0.1, 0.15) is 12.3 Å². The van der Waals surface area contributed by atoms with Crippen LogP contribution in [0.5, 0.6) is 0 Å². The van der Waals surface area contributed by atoms with Crippen LogP contribution in [0.15, 0.2) is 37.1 Å². The van der Waals surface area contributed by atoms with Gasteiger partial charge in [-0.05, 0) is 19.1 Å². The number of aliphatic hydroxyl groups excluding tert-OH is 1. The highest BCUT2D eigenvalue weighted by Crippen LogP contribution is 2.00. The molecule has 2 N–H and O–H groups in total. The Morgan fingerprint density at radius 1 is 1.52 bits per heavy atom. The van der Waals surface area contributed by atoms with Crippen molar-refractivity contribution in [2.75, 3.05) is 6.61 Å². The minimum absolute atomic E-state index is 0.0395. The van der Waals surface area contributed by atoms with Crippen LogP contribution in [0.3, 0.4) is 0 Å². The van der Waals surface area contributed by atoms with Crippen molar-refractivity contribution in [3.63, 3.8) is 0 Å². The molecular formula is C15H16N4O2. The van der Waals surface area contributed by atoms with Crippen LogP contribution in [0, 0.1) is 11.8 Å².